The predicted octanol–water partition coefficient (Wildman–Crippen LogP) is 3.16. The maximum Gasteiger partial charge on any atom is 0.321 e. The van der Waals surface area contributed by atoms with Crippen molar-refractivity contribution in [1.29, 1.82) is 0 Å². The number of aromatic nitrogens is 4. The number of hydrogen-bond donors (Lipinski definition) is 2. The summed E-state index contributed by atoms with van der Waals surface area (Å²) < 4.78 is 7.08. The van der Waals surface area contributed by atoms with E-state index in [0.29, 0.717) is 36.6 Å². The number of nitrogens with zero attached hydrogens (tertiary/aromatic N) is 6. The molecule has 3 aliphatic rings. The minimum absolute atomic E-state index is 0. The number of rotatable bonds is 4. The zero-order chi connectivity index (χ0) is 25.6. The van der Waals surface area contributed by atoms with Crippen LogP contribution in [0.15, 0.2) is 6.07 Å². The molecular formula is C26H42N8O3. The third-order valence-corrected chi connectivity index (χ3v) is 8.02. The number of carbonyl (C=O) groups excluding carboxylic acids is 2. The Hall–Kier alpha value is -2.92. The fourth-order valence-corrected chi connectivity index (χ4v) is 5.82. The fraction of sp³-hybridized carbons (Fsp3) is 0.692. The number of anilines is 1. The van der Waals surface area contributed by atoms with E-state index >= 15 is 0 Å². The van der Waals surface area contributed by atoms with Gasteiger partial charge in [-0.25, -0.2) is 4.79 Å². The molecule has 0 saturated carbocycles. The monoisotopic (exact) mass is 514 g/mol. The summed E-state index contributed by atoms with van der Waals surface area (Å²) in [7, 11) is 1.74. The van der Waals surface area contributed by atoms with E-state index in [2.05, 4.69) is 39.4 Å². The van der Waals surface area contributed by atoms with E-state index in [4.69, 9.17) is 4.74 Å². The molecule has 2 fully saturated rings. The summed E-state index contributed by atoms with van der Waals surface area (Å²) in [5, 5.41) is 14.5. The number of urea groups is 1. The first-order valence-electron chi connectivity index (χ1n) is 13.0. The van der Waals surface area contributed by atoms with Crippen molar-refractivity contribution in [2.24, 2.45) is 13.0 Å². The number of amides is 3. The average molecular weight is 515 g/mol. The van der Waals surface area contributed by atoms with Crippen molar-refractivity contribution in [2.45, 2.75) is 72.6 Å². The average Bonchev–Trinajstić information content (AvgIpc) is 3.50. The van der Waals surface area contributed by atoms with E-state index in [9.17, 15) is 9.59 Å². The second-order valence-corrected chi connectivity index (χ2v) is 10.7. The van der Waals surface area contributed by atoms with Gasteiger partial charge in [-0.2, -0.15) is 10.2 Å². The van der Waals surface area contributed by atoms with Crippen LogP contribution in [0.5, 0.6) is 0 Å². The molecule has 3 aliphatic heterocycles. The fourth-order valence-electron chi connectivity index (χ4n) is 5.82. The van der Waals surface area contributed by atoms with Gasteiger partial charge < -0.3 is 19.9 Å². The maximum atomic E-state index is 13.7. The van der Waals surface area contributed by atoms with E-state index in [-0.39, 0.29) is 31.4 Å². The van der Waals surface area contributed by atoms with E-state index in [1.165, 1.54) is 0 Å². The summed E-state index contributed by atoms with van der Waals surface area (Å²) in [6, 6.07) is 2.07. The van der Waals surface area contributed by atoms with Gasteiger partial charge >= 0.3 is 6.03 Å². The van der Waals surface area contributed by atoms with Crippen LogP contribution in [0.1, 0.15) is 74.5 Å². The molecule has 11 nitrogen and oxygen atoms in total. The summed E-state index contributed by atoms with van der Waals surface area (Å²) in [5.74, 6) is 0.877. The topological polar surface area (TPSA) is 112 Å². The third kappa shape index (κ3) is 5.24. The minimum Gasteiger partial charge on any atom is -0.381 e. The van der Waals surface area contributed by atoms with Crippen LogP contribution in [0.25, 0.3) is 0 Å². The largest absolute Gasteiger partial charge is 0.381 e. The molecule has 5 rings (SSSR count). The quantitative estimate of drug-likeness (QED) is 0.648. The third-order valence-electron chi connectivity index (χ3n) is 8.02. The number of aromatic amines is 1. The Morgan fingerprint density at radius 2 is 1.86 bits per heavy atom. The molecule has 37 heavy (non-hydrogen) atoms. The number of ether oxygens (including phenoxy) is 1. The van der Waals surface area contributed by atoms with Crippen molar-refractivity contribution in [3.63, 3.8) is 0 Å². The summed E-state index contributed by atoms with van der Waals surface area (Å²) in [5.41, 5.74) is 2.97. The van der Waals surface area contributed by atoms with Crippen LogP contribution in [0.4, 0.5) is 10.6 Å². The minimum atomic E-state index is -0.270. The molecule has 0 radical (unpaired) electrons. The van der Waals surface area contributed by atoms with Crippen molar-refractivity contribution >= 4 is 17.8 Å². The van der Waals surface area contributed by atoms with Crippen LogP contribution < -0.4 is 5.32 Å². The predicted molar refractivity (Wildman–Crippen MR) is 141 cm³/mol. The Bertz CT molecular complexity index is 1120. The van der Waals surface area contributed by atoms with Crippen molar-refractivity contribution < 1.29 is 14.3 Å². The van der Waals surface area contributed by atoms with Gasteiger partial charge in [0.1, 0.15) is 5.69 Å². The van der Waals surface area contributed by atoms with Gasteiger partial charge in [0.15, 0.2) is 5.82 Å². The standard InChI is InChI=1S/C25H38N8O3.CH4/c1-15-10-21(30(5)29-15)24(34)26-23-20-14-33(18(4)22(20)27-28-23)25(35)32-12-16(2)31(11-17(32)3)13-19-6-8-36-9-7-19;/h10,16-19H,6-9,11-14H2,1-5H3,(H2,26,27,28,34);1H4/t16-,17+,18?;/m1./s1. The molecule has 2 saturated heterocycles. The second kappa shape index (κ2) is 10.8. The molecule has 0 bridgehead atoms. The highest BCUT2D eigenvalue weighted by molar-refractivity contribution is 6.03. The Kier molecular flexibility index (Phi) is 7.94. The van der Waals surface area contributed by atoms with Gasteiger partial charge in [0.2, 0.25) is 0 Å². The summed E-state index contributed by atoms with van der Waals surface area (Å²) in [6.45, 7) is 13.0. The molecule has 2 N–H and O–H groups in total. The number of H-pyrrole nitrogens is 1. The van der Waals surface area contributed by atoms with Gasteiger partial charge in [0.05, 0.1) is 24.0 Å². The van der Waals surface area contributed by atoms with Gasteiger partial charge in [0.25, 0.3) is 5.91 Å². The van der Waals surface area contributed by atoms with Gasteiger partial charge in [-0.15, -0.1) is 0 Å². The van der Waals surface area contributed by atoms with Crippen LogP contribution in [0.3, 0.4) is 0 Å². The molecule has 0 spiro atoms. The Morgan fingerprint density at radius 3 is 2.54 bits per heavy atom. The Balaban J connectivity index is 0.00000320. The molecule has 0 aromatic carbocycles. The Labute approximate surface area is 219 Å². The Morgan fingerprint density at radius 1 is 1.14 bits per heavy atom. The first-order valence-corrected chi connectivity index (χ1v) is 13.0. The van der Waals surface area contributed by atoms with E-state index < -0.39 is 0 Å². The zero-order valence-electron chi connectivity index (χ0n) is 22.0. The molecule has 1 unspecified atom stereocenters. The van der Waals surface area contributed by atoms with Crippen LogP contribution in [0, 0.1) is 12.8 Å². The molecule has 2 aromatic heterocycles. The number of aryl methyl sites for hydroxylation is 2. The number of hydrogen-bond acceptors (Lipinski definition) is 6. The summed E-state index contributed by atoms with van der Waals surface area (Å²) in [4.78, 5) is 33.0. The lowest BCUT2D eigenvalue weighted by Gasteiger charge is -2.46. The normalized spacial score (nSPS) is 24.6. The number of piperazine rings is 1. The smallest absolute Gasteiger partial charge is 0.321 e. The number of fused-ring (bicyclic) bond motifs is 1. The molecule has 3 amide bonds. The highest BCUT2D eigenvalue weighted by Crippen LogP contribution is 2.37. The van der Waals surface area contributed by atoms with Gasteiger partial charge in [0, 0.05) is 57.5 Å². The highest BCUT2D eigenvalue weighted by atomic mass is 16.5. The lowest BCUT2D eigenvalue weighted by atomic mass is 9.97. The lowest BCUT2D eigenvalue weighted by molar-refractivity contribution is 0.0127. The van der Waals surface area contributed by atoms with Crippen LogP contribution in [0.2, 0.25) is 0 Å². The van der Waals surface area contributed by atoms with Gasteiger partial charge in [-0.05, 0) is 52.5 Å². The number of nitrogens with one attached hydrogen (secondary N) is 2. The molecule has 5 heterocycles. The van der Waals surface area contributed by atoms with E-state index in [1.54, 1.807) is 17.8 Å². The molecule has 204 valence electrons. The summed E-state index contributed by atoms with van der Waals surface area (Å²) >= 11 is 0. The molecule has 2 aromatic rings. The molecular weight excluding hydrogens is 472 g/mol. The second-order valence-electron chi connectivity index (χ2n) is 10.7. The maximum absolute atomic E-state index is 13.7. The molecule has 11 heteroatoms. The molecule has 3 atom stereocenters. The van der Waals surface area contributed by atoms with Gasteiger partial charge in [-0.1, -0.05) is 7.43 Å². The van der Waals surface area contributed by atoms with Crippen LogP contribution in [-0.4, -0.2) is 91.5 Å². The summed E-state index contributed by atoms with van der Waals surface area (Å²) in [6.07, 6.45) is 2.24. The lowest BCUT2D eigenvalue weighted by Crippen LogP contribution is -2.60. The van der Waals surface area contributed by atoms with Crippen LogP contribution in [-0.2, 0) is 18.3 Å². The van der Waals surface area contributed by atoms with Crippen LogP contribution >= 0.6 is 0 Å². The molecule has 0 aliphatic carbocycles. The highest BCUT2D eigenvalue weighted by Gasteiger charge is 2.41. The first kappa shape index (κ1) is 27.1. The van der Waals surface area contributed by atoms with E-state index in [1.807, 2.05) is 23.6 Å². The zero-order valence-corrected chi connectivity index (χ0v) is 22.0. The van der Waals surface area contributed by atoms with Crippen molar-refractivity contribution in [1.82, 2.24) is 34.7 Å². The van der Waals surface area contributed by atoms with Crippen molar-refractivity contribution in [3.8, 4) is 0 Å². The first-order chi connectivity index (χ1) is 17.2. The van der Waals surface area contributed by atoms with Gasteiger partial charge in [-0.3, -0.25) is 19.5 Å². The SMILES string of the molecule is C.Cc1cc(C(=O)Nc2n[nH]c3c2CN(C(=O)N2C[C@@H](C)N(CC4CCOCC4)C[C@@H]2C)C3C)n(C)n1. The van der Waals surface area contributed by atoms with E-state index in [0.717, 1.165) is 56.1 Å². The van der Waals surface area contributed by atoms with Crippen molar-refractivity contribution in [3.05, 3.63) is 28.7 Å². The van der Waals surface area contributed by atoms with Crippen molar-refractivity contribution in [2.75, 3.05) is 38.2 Å². The number of carbonyl (C=O) groups is 2.